The lowest BCUT2D eigenvalue weighted by atomic mass is 10.6. The first-order valence-electron chi connectivity index (χ1n) is 3.92. The number of imidazole rings is 1. The van der Waals surface area contributed by atoms with Crippen molar-refractivity contribution in [3.05, 3.63) is 12.0 Å². The molecule has 0 unspecified atom stereocenters. The fraction of sp³-hybridized carbons (Fsp3) is 0.571. The van der Waals surface area contributed by atoms with Crippen LogP contribution in [0, 0.1) is 6.92 Å². The maximum absolute atomic E-state index is 10.9. The second kappa shape index (κ2) is 4.29. The summed E-state index contributed by atoms with van der Waals surface area (Å²) in [6.45, 7) is 2.77. The molecule has 1 heterocycles. The molecule has 0 spiro atoms. The maximum Gasteiger partial charge on any atom is 0.280 e. The molecule has 1 aromatic heterocycles. The predicted octanol–water partition coefficient (Wildman–Crippen LogP) is 0.765. The highest BCUT2D eigenvalue weighted by molar-refractivity contribution is 8.13. The van der Waals surface area contributed by atoms with Gasteiger partial charge in [-0.1, -0.05) is 0 Å². The van der Waals surface area contributed by atoms with Crippen LogP contribution in [0.25, 0.3) is 0 Å². The molecule has 0 N–H and O–H groups in total. The highest BCUT2D eigenvalue weighted by atomic mass is 35.7. The van der Waals surface area contributed by atoms with E-state index in [0.29, 0.717) is 19.0 Å². The van der Waals surface area contributed by atoms with Crippen molar-refractivity contribution in [2.45, 2.75) is 18.5 Å². The molecule has 1 aromatic rings. The van der Waals surface area contributed by atoms with Crippen molar-refractivity contribution in [3.63, 3.8) is 0 Å². The summed E-state index contributed by atoms with van der Waals surface area (Å²) < 4.78 is 28.4. The predicted molar refractivity (Wildman–Crippen MR) is 51.9 cm³/mol. The van der Waals surface area contributed by atoms with E-state index in [0.717, 1.165) is 0 Å². The minimum Gasteiger partial charge on any atom is -0.383 e. The van der Waals surface area contributed by atoms with Crippen LogP contribution in [0.1, 0.15) is 5.82 Å². The minimum atomic E-state index is -3.73. The van der Waals surface area contributed by atoms with Gasteiger partial charge in [0.1, 0.15) is 5.82 Å². The van der Waals surface area contributed by atoms with E-state index in [9.17, 15) is 8.42 Å². The van der Waals surface area contributed by atoms with Crippen LogP contribution in [0.5, 0.6) is 0 Å². The molecule has 0 bridgehead atoms. The van der Waals surface area contributed by atoms with Crippen molar-refractivity contribution in [2.24, 2.45) is 0 Å². The zero-order valence-electron chi connectivity index (χ0n) is 7.90. The molecule has 5 nitrogen and oxygen atoms in total. The van der Waals surface area contributed by atoms with E-state index in [4.69, 9.17) is 15.4 Å². The van der Waals surface area contributed by atoms with Gasteiger partial charge in [0.05, 0.1) is 6.61 Å². The van der Waals surface area contributed by atoms with Crippen LogP contribution in [-0.2, 0) is 20.3 Å². The number of hydrogen-bond acceptors (Lipinski definition) is 4. The Kier molecular flexibility index (Phi) is 3.52. The average Bonchev–Trinajstić information content (AvgIpc) is 2.43. The second-order valence-corrected chi connectivity index (χ2v) is 5.26. The Labute approximate surface area is 87.1 Å². The zero-order chi connectivity index (χ0) is 10.8. The van der Waals surface area contributed by atoms with Crippen molar-refractivity contribution in [3.8, 4) is 0 Å². The fourth-order valence-electron chi connectivity index (χ4n) is 1.01. The van der Waals surface area contributed by atoms with Gasteiger partial charge in [0.25, 0.3) is 9.05 Å². The normalized spacial score (nSPS) is 11.9. The zero-order valence-corrected chi connectivity index (χ0v) is 9.47. The van der Waals surface area contributed by atoms with Crippen molar-refractivity contribution < 1.29 is 13.2 Å². The quantitative estimate of drug-likeness (QED) is 0.727. The van der Waals surface area contributed by atoms with E-state index in [2.05, 4.69) is 4.98 Å². The number of aryl methyl sites for hydroxylation is 1. The Morgan fingerprint density at radius 3 is 2.71 bits per heavy atom. The van der Waals surface area contributed by atoms with Gasteiger partial charge in [0, 0.05) is 30.5 Å². The minimum absolute atomic E-state index is 0.118. The van der Waals surface area contributed by atoms with Gasteiger partial charge in [0.15, 0.2) is 5.03 Å². The number of nitrogens with zero attached hydrogens (tertiary/aromatic N) is 2. The number of ether oxygens (including phenoxy) is 1. The third kappa shape index (κ3) is 2.70. The van der Waals surface area contributed by atoms with E-state index in [1.807, 2.05) is 0 Å². The van der Waals surface area contributed by atoms with Crippen LogP contribution in [0.15, 0.2) is 11.2 Å². The van der Waals surface area contributed by atoms with Crippen LogP contribution in [0.3, 0.4) is 0 Å². The summed E-state index contributed by atoms with van der Waals surface area (Å²) in [6, 6.07) is 0. The number of halogens is 1. The fourth-order valence-corrected chi connectivity index (χ4v) is 1.73. The molecule has 0 amide bonds. The Bertz CT molecular complexity index is 413. The van der Waals surface area contributed by atoms with Gasteiger partial charge in [-0.2, -0.15) is 0 Å². The molecule has 0 saturated heterocycles. The summed E-state index contributed by atoms with van der Waals surface area (Å²) in [7, 11) is 2.99. The molecule has 14 heavy (non-hydrogen) atoms. The van der Waals surface area contributed by atoms with Gasteiger partial charge in [-0.15, -0.1) is 0 Å². The molecular weight excluding hydrogens is 228 g/mol. The van der Waals surface area contributed by atoms with Crippen LogP contribution in [0.4, 0.5) is 0 Å². The first-order chi connectivity index (χ1) is 6.45. The van der Waals surface area contributed by atoms with Crippen molar-refractivity contribution >= 4 is 19.7 Å². The highest BCUT2D eigenvalue weighted by Gasteiger charge is 2.15. The van der Waals surface area contributed by atoms with Crippen LogP contribution in [0.2, 0.25) is 0 Å². The monoisotopic (exact) mass is 238 g/mol. The summed E-state index contributed by atoms with van der Waals surface area (Å²) in [6.07, 6.45) is 1.40. The SMILES string of the molecule is COCCn1cc(S(=O)(=O)Cl)nc1C. The van der Waals surface area contributed by atoms with Gasteiger partial charge in [-0.25, -0.2) is 13.4 Å². The van der Waals surface area contributed by atoms with Gasteiger partial charge in [-0.3, -0.25) is 0 Å². The molecule has 0 aliphatic rings. The Hall–Kier alpha value is -0.590. The molecule has 7 heteroatoms. The molecule has 80 valence electrons. The van der Waals surface area contributed by atoms with Gasteiger partial charge < -0.3 is 9.30 Å². The third-order valence-electron chi connectivity index (χ3n) is 1.74. The molecule has 0 radical (unpaired) electrons. The van der Waals surface area contributed by atoms with E-state index >= 15 is 0 Å². The van der Waals surface area contributed by atoms with E-state index in [1.54, 1.807) is 18.6 Å². The summed E-state index contributed by atoms with van der Waals surface area (Å²) >= 11 is 0. The molecule has 0 fully saturated rings. The topological polar surface area (TPSA) is 61.2 Å². The highest BCUT2D eigenvalue weighted by Crippen LogP contribution is 2.13. The molecule has 0 atom stereocenters. The Morgan fingerprint density at radius 2 is 2.29 bits per heavy atom. The van der Waals surface area contributed by atoms with Crippen molar-refractivity contribution in [1.29, 1.82) is 0 Å². The van der Waals surface area contributed by atoms with Gasteiger partial charge in [0.2, 0.25) is 0 Å². The Balaban J connectivity index is 2.94. The molecule has 0 aliphatic heterocycles. The van der Waals surface area contributed by atoms with Crippen molar-refractivity contribution in [1.82, 2.24) is 9.55 Å². The summed E-state index contributed by atoms with van der Waals surface area (Å²) in [5, 5.41) is -0.118. The molecular formula is C7H11ClN2O3S. The summed E-state index contributed by atoms with van der Waals surface area (Å²) in [5.74, 6) is 0.598. The number of hydrogen-bond donors (Lipinski definition) is 0. The average molecular weight is 239 g/mol. The third-order valence-corrected chi connectivity index (χ3v) is 2.91. The number of methoxy groups -OCH3 is 1. The van der Waals surface area contributed by atoms with E-state index < -0.39 is 9.05 Å². The van der Waals surface area contributed by atoms with E-state index in [-0.39, 0.29) is 5.03 Å². The molecule has 1 rings (SSSR count). The standard InChI is InChI=1S/C7H11ClN2O3S/c1-6-9-7(14(8,11)12)5-10(6)3-4-13-2/h5H,3-4H2,1-2H3. The number of aromatic nitrogens is 2. The van der Waals surface area contributed by atoms with E-state index in [1.165, 1.54) is 6.20 Å². The van der Waals surface area contributed by atoms with Crippen LogP contribution in [-0.4, -0.2) is 31.7 Å². The smallest absolute Gasteiger partial charge is 0.280 e. The van der Waals surface area contributed by atoms with Gasteiger partial charge >= 0.3 is 0 Å². The molecule has 0 aromatic carbocycles. The molecule has 0 aliphatic carbocycles. The lowest BCUT2D eigenvalue weighted by Gasteiger charge is -2.01. The lowest BCUT2D eigenvalue weighted by molar-refractivity contribution is 0.186. The van der Waals surface area contributed by atoms with Gasteiger partial charge in [-0.05, 0) is 6.92 Å². The number of rotatable bonds is 4. The second-order valence-electron chi connectivity index (χ2n) is 2.75. The van der Waals surface area contributed by atoms with Crippen LogP contribution < -0.4 is 0 Å². The van der Waals surface area contributed by atoms with Crippen molar-refractivity contribution in [2.75, 3.05) is 13.7 Å². The Morgan fingerprint density at radius 1 is 1.64 bits per heavy atom. The van der Waals surface area contributed by atoms with Crippen LogP contribution >= 0.6 is 10.7 Å². The first-order valence-corrected chi connectivity index (χ1v) is 6.23. The first kappa shape index (κ1) is 11.5. The summed E-state index contributed by atoms with van der Waals surface area (Å²) in [5.41, 5.74) is 0. The maximum atomic E-state index is 10.9. The lowest BCUT2D eigenvalue weighted by Crippen LogP contribution is -2.04. The molecule has 0 saturated carbocycles. The largest absolute Gasteiger partial charge is 0.383 e. The summed E-state index contributed by atoms with van der Waals surface area (Å²) in [4.78, 5) is 3.82.